The minimum atomic E-state index is 0.553. The molecule has 1 aromatic carbocycles. The number of imidazole rings is 1. The first-order chi connectivity index (χ1) is 16.6. The Balaban J connectivity index is 1.16. The molecule has 174 valence electrons. The molecule has 1 saturated carbocycles. The minimum Gasteiger partial charge on any atom is -0.378 e. The summed E-state index contributed by atoms with van der Waals surface area (Å²) in [6.07, 6.45) is 10.3. The highest BCUT2D eigenvalue weighted by atomic mass is 15.4. The van der Waals surface area contributed by atoms with Crippen molar-refractivity contribution in [3.8, 4) is 11.4 Å². The monoisotopic (exact) mass is 455 g/mol. The zero-order valence-electron chi connectivity index (χ0n) is 19.6. The second kappa shape index (κ2) is 8.57. The number of aromatic amines is 1. The Bertz CT molecular complexity index is 1440. The van der Waals surface area contributed by atoms with Crippen molar-refractivity contribution in [3.05, 3.63) is 60.2 Å². The molecule has 0 saturated heterocycles. The quantitative estimate of drug-likeness (QED) is 0.372. The van der Waals surface area contributed by atoms with Gasteiger partial charge in [-0.15, -0.1) is 5.10 Å². The molecule has 1 aliphatic carbocycles. The number of anilines is 1. The van der Waals surface area contributed by atoms with Crippen LogP contribution in [0.4, 0.5) is 5.69 Å². The molecule has 1 aliphatic rings. The Hall–Kier alpha value is -3.72. The third-order valence-corrected chi connectivity index (χ3v) is 6.72. The van der Waals surface area contributed by atoms with Crippen molar-refractivity contribution in [2.75, 3.05) is 25.5 Å². The number of hydrogen-bond acceptors (Lipinski definition) is 6. The number of nitrogens with one attached hydrogen (secondary N) is 2. The molecule has 34 heavy (non-hydrogen) atoms. The van der Waals surface area contributed by atoms with E-state index in [2.05, 4.69) is 77.9 Å². The first kappa shape index (κ1) is 20.9. The van der Waals surface area contributed by atoms with Crippen LogP contribution in [0.3, 0.4) is 0 Å². The fourth-order valence-corrected chi connectivity index (χ4v) is 4.52. The SMILES string of the molecule is CN(C)c1ccc2c(-c3cn(Cc4cn5cc(CNCC6CCC6)ccc5n4)nn3)n[nH]c2c1. The van der Waals surface area contributed by atoms with Gasteiger partial charge in [-0.1, -0.05) is 17.7 Å². The first-order valence-electron chi connectivity index (χ1n) is 11.9. The number of hydrogen-bond donors (Lipinski definition) is 2. The molecule has 0 radical (unpaired) electrons. The summed E-state index contributed by atoms with van der Waals surface area (Å²) in [5.41, 5.74) is 6.80. The lowest BCUT2D eigenvalue weighted by Crippen LogP contribution is -2.26. The lowest BCUT2D eigenvalue weighted by Gasteiger charge is -2.25. The van der Waals surface area contributed by atoms with Crippen LogP contribution in [0.15, 0.2) is 48.9 Å². The van der Waals surface area contributed by atoms with E-state index < -0.39 is 0 Å². The van der Waals surface area contributed by atoms with Gasteiger partial charge in [0.25, 0.3) is 0 Å². The lowest BCUT2D eigenvalue weighted by atomic mass is 9.85. The standard InChI is InChI=1S/C25H29N9/c1-32(2)20-7-8-21-22(10-20)28-30-25(21)23-16-34(31-29-23)15-19-14-33-13-18(6-9-24(33)27-19)12-26-11-17-4-3-5-17/h6-10,13-14,16-17,26H,3-5,11-12,15H2,1-2H3,(H,28,30). The van der Waals surface area contributed by atoms with E-state index in [-0.39, 0.29) is 0 Å². The zero-order valence-corrected chi connectivity index (χ0v) is 19.6. The first-order valence-corrected chi connectivity index (χ1v) is 11.9. The largest absolute Gasteiger partial charge is 0.378 e. The molecule has 0 bridgehead atoms. The number of rotatable bonds is 8. The number of pyridine rings is 1. The zero-order chi connectivity index (χ0) is 23.1. The summed E-state index contributed by atoms with van der Waals surface area (Å²) in [6.45, 7) is 2.56. The van der Waals surface area contributed by atoms with Crippen LogP contribution in [0, 0.1) is 5.92 Å². The van der Waals surface area contributed by atoms with Gasteiger partial charge in [0.15, 0.2) is 0 Å². The highest BCUT2D eigenvalue weighted by Gasteiger charge is 2.16. The molecule has 9 heteroatoms. The highest BCUT2D eigenvalue weighted by Crippen LogP contribution is 2.27. The number of nitrogens with zero attached hydrogens (tertiary/aromatic N) is 7. The van der Waals surface area contributed by atoms with Crippen LogP contribution in [-0.2, 0) is 13.1 Å². The van der Waals surface area contributed by atoms with Crippen LogP contribution in [0.1, 0.15) is 30.5 Å². The van der Waals surface area contributed by atoms with Crippen LogP contribution >= 0.6 is 0 Å². The van der Waals surface area contributed by atoms with Gasteiger partial charge in [0.05, 0.1) is 24.0 Å². The molecule has 6 rings (SSSR count). The molecule has 9 nitrogen and oxygen atoms in total. The van der Waals surface area contributed by atoms with Crippen LogP contribution in [0.25, 0.3) is 27.9 Å². The summed E-state index contributed by atoms with van der Waals surface area (Å²) in [5, 5.41) is 20.9. The molecule has 0 aliphatic heterocycles. The van der Waals surface area contributed by atoms with Gasteiger partial charge in [-0.3, -0.25) is 5.10 Å². The fraction of sp³-hybridized carbons (Fsp3) is 0.360. The van der Waals surface area contributed by atoms with Crippen molar-refractivity contribution < 1.29 is 0 Å². The number of H-pyrrole nitrogens is 1. The average molecular weight is 456 g/mol. The second-order valence-corrected chi connectivity index (χ2v) is 9.46. The Morgan fingerprint density at radius 3 is 2.85 bits per heavy atom. The maximum Gasteiger partial charge on any atom is 0.137 e. The van der Waals surface area contributed by atoms with Gasteiger partial charge in [0, 0.05) is 44.1 Å². The summed E-state index contributed by atoms with van der Waals surface area (Å²) in [5.74, 6) is 0.867. The van der Waals surface area contributed by atoms with Gasteiger partial charge < -0.3 is 14.6 Å². The summed E-state index contributed by atoms with van der Waals surface area (Å²) in [6, 6.07) is 10.5. The van der Waals surface area contributed by atoms with Crippen molar-refractivity contribution in [3.63, 3.8) is 0 Å². The molecule has 4 heterocycles. The molecule has 1 fully saturated rings. The van der Waals surface area contributed by atoms with Crippen molar-refractivity contribution >= 4 is 22.2 Å². The Morgan fingerprint density at radius 2 is 2.03 bits per heavy atom. The van der Waals surface area contributed by atoms with Gasteiger partial charge in [-0.05, 0) is 55.1 Å². The molecule has 0 amide bonds. The molecule has 0 spiro atoms. The normalized spacial score (nSPS) is 14.2. The predicted molar refractivity (Wildman–Crippen MR) is 133 cm³/mol. The van der Waals surface area contributed by atoms with Gasteiger partial charge >= 0.3 is 0 Å². The highest BCUT2D eigenvalue weighted by molar-refractivity contribution is 5.93. The Kier molecular flexibility index (Phi) is 5.26. The van der Waals surface area contributed by atoms with E-state index >= 15 is 0 Å². The predicted octanol–water partition coefficient (Wildman–Crippen LogP) is 3.47. The summed E-state index contributed by atoms with van der Waals surface area (Å²) < 4.78 is 3.91. The van der Waals surface area contributed by atoms with Gasteiger partial charge in [-0.25, -0.2) is 9.67 Å². The number of benzene rings is 1. The van der Waals surface area contributed by atoms with E-state index in [0.717, 1.165) is 58.3 Å². The van der Waals surface area contributed by atoms with Crippen molar-refractivity contribution in [1.29, 1.82) is 0 Å². The van der Waals surface area contributed by atoms with E-state index in [4.69, 9.17) is 4.98 Å². The third-order valence-electron chi connectivity index (χ3n) is 6.72. The van der Waals surface area contributed by atoms with Crippen LogP contribution < -0.4 is 10.2 Å². The van der Waals surface area contributed by atoms with E-state index in [1.54, 1.807) is 0 Å². The summed E-state index contributed by atoms with van der Waals surface area (Å²) in [7, 11) is 4.05. The average Bonchev–Trinajstić information content (AvgIpc) is 3.52. The minimum absolute atomic E-state index is 0.553. The summed E-state index contributed by atoms with van der Waals surface area (Å²) >= 11 is 0. The van der Waals surface area contributed by atoms with E-state index in [1.807, 2.05) is 25.0 Å². The van der Waals surface area contributed by atoms with Crippen molar-refractivity contribution in [1.82, 2.24) is 39.9 Å². The fourth-order valence-electron chi connectivity index (χ4n) is 4.52. The third kappa shape index (κ3) is 4.03. The van der Waals surface area contributed by atoms with Gasteiger partial charge in [0.2, 0.25) is 0 Å². The second-order valence-electron chi connectivity index (χ2n) is 9.46. The Morgan fingerprint density at radius 1 is 1.12 bits per heavy atom. The number of aromatic nitrogens is 7. The maximum atomic E-state index is 4.76. The molecule has 0 unspecified atom stereocenters. The topological polar surface area (TPSA) is 92.0 Å². The maximum absolute atomic E-state index is 4.76. The number of fused-ring (bicyclic) bond motifs is 2. The lowest BCUT2D eigenvalue weighted by molar-refractivity contribution is 0.301. The van der Waals surface area contributed by atoms with Crippen LogP contribution in [0.2, 0.25) is 0 Å². The summed E-state index contributed by atoms with van der Waals surface area (Å²) in [4.78, 5) is 6.82. The molecular formula is C25H29N9. The van der Waals surface area contributed by atoms with E-state index in [0.29, 0.717) is 6.54 Å². The van der Waals surface area contributed by atoms with Gasteiger partial charge in [0.1, 0.15) is 17.0 Å². The van der Waals surface area contributed by atoms with Crippen LogP contribution in [-0.4, -0.2) is 55.2 Å². The Labute approximate surface area is 197 Å². The van der Waals surface area contributed by atoms with Crippen molar-refractivity contribution in [2.45, 2.75) is 32.4 Å². The van der Waals surface area contributed by atoms with Crippen LogP contribution in [0.5, 0.6) is 0 Å². The van der Waals surface area contributed by atoms with Gasteiger partial charge in [-0.2, -0.15) is 5.10 Å². The van der Waals surface area contributed by atoms with Crippen molar-refractivity contribution in [2.24, 2.45) is 5.92 Å². The van der Waals surface area contributed by atoms with E-state index in [9.17, 15) is 0 Å². The van der Waals surface area contributed by atoms with E-state index in [1.165, 1.54) is 24.8 Å². The molecule has 4 aromatic heterocycles. The smallest absolute Gasteiger partial charge is 0.137 e. The molecule has 5 aromatic rings. The molecule has 2 N–H and O–H groups in total. The molecule has 0 atom stereocenters. The molecular weight excluding hydrogens is 426 g/mol.